The fraction of sp³-hybridized carbons (Fsp3) is 0.717. The van der Waals surface area contributed by atoms with Crippen LogP contribution >= 0.6 is 15.6 Å². The van der Waals surface area contributed by atoms with E-state index < -0.39 is 107 Å². The van der Waals surface area contributed by atoms with Gasteiger partial charge < -0.3 is 45.1 Å². The van der Waals surface area contributed by atoms with E-state index in [9.17, 15) is 53.4 Å². The van der Waals surface area contributed by atoms with Gasteiger partial charge in [-0.1, -0.05) is 122 Å². The first-order valence-corrected chi connectivity index (χ1v) is 26.9. The number of unbranched alkanes of at least 4 members (excludes halogenated alkanes) is 9. The molecular formula is C46H75N3O17P2. The van der Waals surface area contributed by atoms with Crippen LogP contribution in [0, 0.1) is 17.8 Å². The molecule has 10 atom stereocenters. The monoisotopic (exact) mass is 1000 g/mol. The highest BCUT2D eigenvalue weighted by Crippen LogP contribution is 2.60. The number of nitrogen functional groups attached to an aromatic ring is 1. The quantitative estimate of drug-likeness (QED) is 0.0364. The molecule has 0 saturated carbocycles. The molecule has 2 bridgehead atoms. The lowest BCUT2D eigenvalue weighted by Crippen LogP contribution is -2.49. The summed E-state index contributed by atoms with van der Waals surface area (Å²) in [5.41, 5.74) is 4.83. The van der Waals surface area contributed by atoms with E-state index in [1.165, 1.54) is 49.8 Å². The molecule has 1 aromatic rings. The van der Waals surface area contributed by atoms with Gasteiger partial charge in [0.15, 0.2) is 11.9 Å². The second kappa shape index (κ2) is 31.1. The molecule has 2 aliphatic rings. The van der Waals surface area contributed by atoms with E-state index in [1.54, 1.807) is 12.2 Å². The standard InChI is InChI=1S/C46H75N3O17P2/c1-4-5-14-21-35(50)25-26-37-38(51)27-24-34-20-16-12-13-17-22-41(52)61-30-36(64-42(53)23-18-11-9-7-6-8-10-15-19-33(2)3)31-62-67(57,58)66-68(59,60)63-32-39(44(55)43(37)54)65-45(34)49-29-28-40(47)48-46(49)56/h12,16,24-29,33-37,39,43-45,50,54-55H,4-11,13-15,17-23,30-32H2,1-3H3,(H,57,58)(H,59,60)(H2,47,48,56)/b16-12-,26-25?,27-24-/t34-,35-,36+,37-,39+,43-,44+,45+/m0/s1. The summed E-state index contributed by atoms with van der Waals surface area (Å²) >= 11 is 0. The Morgan fingerprint density at radius 1 is 0.926 bits per heavy atom. The molecule has 0 amide bonds. The number of allylic oxidation sites excluding steroid dienone is 3. The lowest BCUT2D eigenvalue weighted by atomic mass is 9.88. The second-order valence-electron chi connectivity index (χ2n) is 17.8. The summed E-state index contributed by atoms with van der Waals surface area (Å²) in [6, 6.07) is 1.28. The minimum absolute atomic E-state index is 0.00903. The number of ether oxygens (including phenoxy) is 3. The van der Waals surface area contributed by atoms with Crippen LogP contribution in [0.4, 0.5) is 5.82 Å². The van der Waals surface area contributed by atoms with Crippen LogP contribution in [0.5, 0.6) is 0 Å². The zero-order valence-electron chi connectivity index (χ0n) is 39.7. The van der Waals surface area contributed by atoms with Crippen molar-refractivity contribution in [3.05, 3.63) is 59.2 Å². The summed E-state index contributed by atoms with van der Waals surface area (Å²) in [7, 11) is -11.2. The maximum atomic E-state index is 13.8. The number of anilines is 1. The predicted octanol–water partition coefficient (Wildman–Crippen LogP) is 6.69. The minimum Gasteiger partial charge on any atom is -0.462 e. The minimum atomic E-state index is -5.67. The molecule has 68 heavy (non-hydrogen) atoms. The Kier molecular flexibility index (Phi) is 26.9. The SMILES string of the molecule is CCCCC[C@H](O)C=C[C@H]1C(=O)/C=C\[C@@H]2C/C=C\CCCC(=O)OC[C@@H](OC(=O)CCCCCCCCCCC(C)C)COP(=O)(O)OP(=O)(O)OC[C@@H](O[C@H]2n2ccc(N)nc2=O)[C@@H](O)[C@H]1O. The number of phosphoric ester groups is 2. The van der Waals surface area contributed by atoms with Gasteiger partial charge in [0.25, 0.3) is 0 Å². The third kappa shape index (κ3) is 23.0. The third-order valence-corrected chi connectivity index (χ3v) is 14.0. The molecule has 7 N–H and O–H groups in total. The number of nitrogens with zero attached hydrogens (tertiary/aromatic N) is 2. The van der Waals surface area contributed by atoms with E-state index in [-0.39, 0.29) is 25.1 Å². The number of aliphatic hydroxyl groups excluding tert-OH is 3. The molecule has 3 rings (SSSR count). The summed E-state index contributed by atoms with van der Waals surface area (Å²) in [5.74, 6) is -3.99. The number of aromatic nitrogens is 2. The molecule has 0 radical (unpaired) electrons. The summed E-state index contributed by atoms with van der Waals surface area (Å²) in [6.45, 7) is 3.76. The molecule has 0 spiro atoms. The number of fused-ring (bicyclic) bond motifs is 3. The fourth-order valence-corrected chi connectivity index (χ4v) is 9.64. The highest BCUT2D eigenvalue weighted by Gasteiger charge is 2.42. The first-order chi connectivity index (χ1) is 32.3. The number of ketones is 1. The van der Waals surface area contributed by atoms with Gasteiger partial charge in [0.1, 0.15) is 30.9 Å². The smallest absolute Gasteiger partial charge is 0.462 e. The molecule has 0 aromatic carbocycles. The van der Waals surface area contributed by atoms with Gasteiger partial charge in [-0.3, -0.25) is 28.0 Å². The van der Waals surface area contributed by atoms with Gasteiger partial charge >= 0.3 is 33.3 Å². The van der Waals surface area contributed by atoms with E-state index in [4.69, 9.17) is 29.0 Å². The van der Waals surface area contributed by atoms with Gasteiger partial charge in [-0.25, -0.2) is 13.9 Å². The molecule has 22 heteroatoms. The topological polar surface area (TPSA) is 303 Å². The van der Waals surface area contributed by atoms with Gasteiger partial charge in [-0.15, -0.1) is 0 Å². The number of hydrogen-bond acceptors (Lipinski definition) is 17. The molecule has 1 aromatic heterocycles. The lowest BCUT2D eigenvalue weighted by Gasteiger charge is -2.36. The van der Waals surface area contributed by atoms with Crippen LogP contribution < -0.4 is 11.4 Å². The normalized spacial score (nSPS) is 30.0. The Morgan fingerprint density at radius 3 is 2.26 bits per heavy atom. The molecule has 2 unspecified atom stereocenters. The maximum absolute atomic E-state index is 13.8. The van der Waals surface area contributed by atoms with Crippen LogP contribution in [0.3, 0.4) is 0 Å². The van der Waals surface area contributed by atoms with Crippen molar-refractivity contribution in [3.63, 3.8) is 0 Å². The Bertz CT molecular complexity index is 1940. The number of esters is 2. The van der Waals surface area contributed by atoms with E-state index in [0.717, 1.165) is 55.6 Å². The van der Waals surface area contributed by atoms with Crippen molar-refractivity contribution >= 4 is 39.2 Å². The van der Waals surface area contributed by atoms with E-state index in [2.05, 4.69) is 23.1 Å². The van der Waals surface area contributed by atoms with Crippen molar-refractivity contribution in [1.82, 2.24) is 9.55 Å². The molecule has 3 heterocycles. The summed E-state index contributed by atoms with van der Waals surface area (Å²) < 4.78 is 58.9. The Morgan fingerprint density at radius 2 is 1.59 bits per heavy atom. The molecular weight excluding hydrogens is 928 g/mol. The van der Waals surface area contributed by atoms with E-state index in [0.29, 0.717) is 38.0 Å². The third-order valence-electron chi connectivity index (χ3n) is 11.4. The van der Waals surface area contributed by atoms with Crippen molar-refractivity contribution < 1.29 is 76.2 Å². The average Bonchev–Trinajstić information content (AvgIpc) is 3.26. The molecule has 0 aliphatic carbocycles. The van der Waals surface area contributed by atoms with E-state index in [1.807, 2.05) is 6.92 Å². The molecule has 20 nitrogen and oxygen atoms in total. The van der Waals surface area contributed by atoms with Gasteiger partial charge in [0, 0.05) is 25.0 Å². The highest BCUT2D eigenvalue weighted by molar-refractivity contribution is 7.61. The van der Waals surface area contributed by atoms with Crippen molar-refractivity contribution in [2.24, 2.45) is 17.8 Å². The van der Waals surface area contributed by atoms with Crippen LogP contribution in [-0.2, 0) is 51.1 Å². The summed E-state index contributed by atoms with van der Waals surface area (Å²) in [4.78, 5) is 77.7. The number of phosphoric acid groups is 2. The van der Waals surface area contributed by atoms with Gasteiger partial charge in [0.05, 0.1) is 31.3 Å². The number of cyclic esters (lactones) is 1. The first kappa shape index (κ1) is 58.9. The number of hydrogen-bond donors (Lipinski definition) is 6. The van der Waals surface area contributed by atoms with Crippen molar-refractivity contribution in [1.29, 1.82) is 0 Å². The highest BCUT2D eigenvalue weighted by atomic mass is 31.3. The number of aliphatic hydroxyl groups is 3. The second-order valence-corrected chi connectivity index (χ2v) is 20.8. The van der Waals surface area contributed by atoms with Gasteiger partial charge in [0.2, 0.25) is 0 Å². The molecule has 386 valence electrons. The zero-order valence-corrected chi connectivity index (χ0v) is 41.5. The molecule has 2 aliphatic heterocycles. The van der Waals surface area contributed by atoms with Crippen molar-refractivity contribution in [2.75, 3.05) is 25.6 Å². The van der Waals surface area contributed by atoms with Crippen LogP contribution in [0.2, 0.25) is 0 Å². The fourth-order valence-electron chi connectivity index (χ4n) is 7.53. The number of nitrogens with two attached hydrogens (primary N) is 1. The Labute approximate surface area is 399 Å². The van der Waals surface area contributed by atoms with Crippen molar-refractivity contribution in [2.45, 2.75) is 173 Å². The maximum Gasteiger partial charge on any atom is 0.481 e. The predicted molar refractivity (Wildman–Crippen MR) is 251 cm³/mol. The number of carbonyl (C=O) groups is 3. The van der Waals surface area contributed by atoms with Crippen LogP contribution in [0.15, 0.2) is 53.5 Å². The van der Waals surface area contributed by atoms with Crippen LogP contribution in [0.25, 0.3) is 0 Å². The average molecular weight is 1000 g/mol. The zero-order chi connectivity index (χ0) is 50.1. The first-order valence-electron chi connectivity index (χ1n) is 23.9. The van der Waals surface area contributed by atoms with E-state index >= 15 is 0 Å². The van der Waals surface area contributed by atoms with Crippen molar-refractivity contribution in [3.8, 4) is 0 Å². The van der Waals surface area contributed by atoms with Gasteiger partial charge in [-0.05, 0) is 50.2 Å². The molecule has 0 fully saturated rings. The Balaban J connectivity index is 1.88. The summed E-state index contributed by atoms with van der Waals surface area (Å²) in [5, 5.41) is 33.8. The van der Waals surface area contributed by atoms with Crippen LogP contribution in [-0.4, -0.2) is 103 Å². The Hall–Kier alpha value is -3.39. The number of carbonyl (C=O) groups excluding carboxylic acids is 3. The largest absolute Gasteiger partial charge is 0.481 e. The van der Waals surface area contributed by atoms with Crippen LogP contribution in [0.1, 0.15) is 143 Å². The van der Waals surface area contributed by atoms with Gasteiger partial charge in [-0.2, -0.15) is 9.29 Å². The molecule has 0 saturated heterocycles. The summed E-state index contributed by atoms with van der Waals surface area (Å²) in [6.07, 6.45) is 12.4. The number of rotatable bonds is 19. The lowest BCUT2D eigenvalue weighted by molar-refractivity contribution is -0.167.